The highest BCUT2D eigenvalue weighted by atomic mass is 32.1. The first kappa shape index (κ1) is 17.0. The molecular formula is C15H27N3OS. The molecule has 0 saturated heterocycles. The zero-order valence-corrected chi connectivity index (χ0v) is 13.7. The first-order chi connectivity index (χ1) is 9.77. The maximum absolute atomic E-state index is 5.33. The minimum Gasteiger partial charge on any atom is -0.382 e. The van der Waals surface area contributed by atoms with Crippen molar-refractivity contribution in [3.63, 3.8) is 0 Å². The number of thiophene rings is 1. The lowest BCUT2D eigenvalue weighted by Gasteiger charge is -2.21. The number of rotatable bonds is 9. The first-order valence-electron chi connectivity index (χ1n) is 7.29. The zero-order valence-electron chi connectivity index (χ0n) is 12.9. The lowest BCUT2D eigenvalue weighted by molar-refractivity contribution is 0.143. The van der Waals surface area contributed by atoms with Crippen LogP contribution >= 0.6 is 11.3 Å². The fraction of sp³-hybridized carbons (Fsp3) is 0.667. The molecule has 0 spiro atoms. The summed E-state index contributed by atoms with van der Waals surface area (Å²) < 4.78 is 5.33. The Hall–Kier alpha value is -1.07. The maximum atomic E-state index is 5.33. The molecule has 0 unspecified atom stereocenters. The van der Waals surface area contributed by atoms with Gasteiger partial charge in [0.05, 0.1) is 0 Å². The van der Waals surface area contributed by atoms with Gasteiger partial charge in [0.15, 0.2) is 5.96 Å². The fourth-order valence-corrected chi connectivity index (χ4v) is 2.60. The van der Waals surface area contributed by atoms with Gasteiger partial charge >= 0.3 is 0 Å². The maximum Gasteiger partial charge on any atom is 0.193 e. The Labute approximate surface area is 126 Å². The molecule has 0 amide bonds. The van der Waals surface area contributed by atoms with Crippen LogP contribution in [0.1, 0.15) is 24.6 Å². The molecule has 0 radical (unpaired) electrons. The Balaban J connectivity index is 2.17. The molecule has 1 aromatic heterocycles. The number of guanidine groups is 1. The summed E-state index contributed by atoms with van der Waals surface area (Å²) in [5.74, 6) is 0.970. The van der Waals surface area contributed by atoms with Crippen LogP contribution in [-0.4, -0.2) is 51.3 Å². The van der Waals surface area contributed by atoms with E-state index in [0.717, 1.165) is 51.5 Å². The Morgan fingerprint density at radius 2 is 2.30 bits per heavy atom. The third kappa shape index (κ3) is 6.91. The summed E-state index contributed by atoms with van der Waals surface area (Å²) in [6.45, 7) is 5.62. The standard InChI is InChI=1S/C15H27N3OS/c1-4-19-12-6-5-10-17-15(16-2)18(3)11-9-14-8-7-13-20-14/h7-8,13H,4-6,9-12H2,1-3H3,(H,16,17). The number of hydrogen-bond acceptors (Lipinski definition) is 3. The van der Waals surface area contributed by atoms with Crippen LogP contribution in [0.4, 0.5) is 0 Å². The number of hydrogen-bond donors (Lipinski definition) is 1. The van der Waals surface area contributed by atoms with Gasteiger partial charge < -0.3 is 15.0 Å². The fourth-order valence-electron chi connectivity index (χ4n) is 1.90. The minimum absolute atomic E-state index is 0.806. The summed E-state index contributed by atoms with van der Waals surface area (Å²) in [6.07, 6.45) is 3.27. The van der Waals surface area contributed by atoms with Crippen molar-refractivity contribution in [2.45, 2.75) is 26.2 Å². The molecule has 0 aliphatic carbocycles. The van der Waals surface area contributed by atoms with Crippen molar-refractivity contribution in [1.82, 2.24) is 10.2 Å². The van der Waals surface area contributed by atoms with Crippen molar-refractivity contribution in [2.24, 2.45) is 4.99 Å². The van der Waals surface area contributed by atoms with E-state index >= 15 is 0 Å². The topological polar surface area (TPSA) is 36.9 Å². The molecule has 20 heavy (non-hydrogen) atoms. The average molecular weight is 297 g/mol. The van der Waals surface area contributed by atoms with Crippen LogP contribution in [0, 0.1) is 0 Å². The molecule has 1 heterocycles. The smallest absolute Gasteiger partial charge is 0.193 e. The number of aliphatic imine (C=N–C) groups is 1. The molecule has 0 atom stereocenters. The van der Waals surface area contributed by atoms with Crippen molar-refractivity contribution >= 4 is 17.3 Å². The van der Waals surface area contributed by atoms with Crippen LogP contribution in [0.15, 0.2) is 22.5 Å². The average Bonchev–Trinajstić information content (AvgIpc) is 2.97. The van der Waals surface area contributed by atoms with E-state index in [0.29, 0.717) is 0 Å². The molecule has 0 aliphatic rings. The number of unbranched alkanes of at least 4 members (excludes halogenated alkanes) is 1. The molecular weight excluding hydrogens is 270 g/mol. The van der Waals surface area contributed by atoms with Crippen molar-refractivity contribution in [2.75, 3.05) is 40.4 Å². The van der Waals surface area contributed by atoms with Gasteiger partial charge in [0.25, 0.3) is 0 Å². The number of nitrogens with one attached hydrogen (secondary N) is 1. The van der Waals surface area contributed by atoms with Crippen molar-refractivity contribution in [3.05, 3.63) is 22.4 Å². The van der Waals surface area contributed by atoms with E-state index in [2.05, 4.69) is 39.8 Å². The van der Waals surface area contributed by atoms with Crippen LogP contribution in [0.3, 0.4) is 0 Å². The summed E-state index contributed by atoms with van der Waals surface area (Å²) in [7, 11) is 3.92. The third-order valence-corrected chi connectivity index (χ3v) is 3.99. The van der Waals surface area contributed by atoms with E-state index in [4.69, 9.17) is 4.74 Å². The van der Waals surface area contributed by atoms with Crippen molar-refractivity contribution in [3.8, 4) is 0 Å². The lowest BCUT2D eigenvalue weighted by atomic mass is 10.3. The van der Waals surface area contributed by atoms with E-state index in [-0.39, 0.29) is 0 Å². The number of ether oxygens (including phenoxy) is 1. The second kappa shape index (κ2) is 10.7. The summed E-state index contributed by atoms with van der Waals surface area (Å²) in [4.78, 5) is 7.93. The van der Waals surface area contributed by atoms with E-state index in [1.807, 2.05) is 25.3 Å². The monoisotopic (exact) mass is 297 g/mol. The van der Waals surface area contributed by atoms with Gasteiger partial charge in [0.2, 0.25) is 0 Å². The molecule has 5 heteroatoms. The Kier molecular flexibility index (Phi) is 9.07. The molecule has 1 rings (SSSR count). The first-order valence-corrected chi connectivity index (χ1v) is 8.17. The van der Waals surface area contributed by atoms with Crippen LogP contribution in [-0.2, 0) is 11.2 Å². The van der Waals surface area contributed by atoms with Crippen LogP contribution in [0.2, 0.25) is 0 Å². The SMILES string of the molecule is CCOCCCCNC(=NC)N(C)CCc1cccs1. The molecule has 0 aliphatic heterocycles. The van der Waals surface area contributed by atoms with Crippen LogP contribution < -0.4 is 5.32 Å². The Morgan fingerprint density at radius 3 is 2.95 bits per heavy atom. The normalized spacial score (nSPS) is 11.7. The van der Waals surface area contributed by atoms with E-state index in [1.165, 1.54) is 4.88 Å². The highest BCUT2D eigenvalue weighted by Crippen LogP contribution is 2.09. The van der Waals surface area contributed by atoms with Gasteiger partial charge in [-0.1, -0.05) is 6.07 Å². The van der Waals surface area contributed by atoms with E-state index in [9.17, 15) is 0 Å². The van der Waals surface area contributed by atoms with Crippen LogP contribution in [0.25, 0.3) is 0 Å². The van der Waals surface area contributed by atoms with Crippen molar-refractivity contribution < 1.29 is 4.74 Å². The molecule has 0 aromatic carbocycles. The second-order valence-electron chi connectivity index (χ2n) is 4.63. The molecule has 4 nitrogen and oxygen atoms in total. The Bertz CT molecular complexity index is 365. The van der Waals surface area contributed by atoms with E-state index < -0.39 is 0 Å². The van der Waals surface area contributed by atoms with Crippen LogP contribution in [0.5, 0.6) is 0 Å². The van der Waals surface area contributed by atoms with Gasteiger partial charge in [0, 0.05) is 45.3 Å². The molecule has 1 N–H and O–H groups in total. The lowest BCUT2D eigenvalue weighted by Crippen LogP contribution is -2.40. The minimum atomic E-state index is 0.806. The molecule has 114 valence electrons. The quantitative estimate of drug-likeness (QED) is 0.432. The molecule has 1 aromatic rings. The van der Waals surface area contributed by atoms with Crippen molar-refractivity contribution in [1.29, 1.82) is 0 Å². The number of nitrogens with zero attached hydrogens (tertiary/aromatic N) is 2. The second-order valence-corrected chi connectivity index (χ2v) is 5.66. The van der Waals surface area contributed by atoms with Gasteiger partial charge in [-0.15, -0.1) is 11.3 Å². The highest BCUT2D eigenvalue weighted by Gasteiger charge is 2.05. The zero-order chi connectivity index (χ0) is 14.6. The summed E-state index contributed by atoms with van der Waals surface area (Å²) in [5.41, 5.74) is 0. The highest BCUT2D eigenvalue weighted by molar-refractivity contribution is 7.09. The summed E-state index contributed by atoms with van der Waals surface area (Å²) >= 11 is 1.81. The number of likely N-dealkylation sites (N-methyl/N-ethyl adjacent to an activating group) is 1. The van der Waals surface area contributed by atoms with Gasteiger partial charge in [0.1, 0.15) is 0 Å². The van der Waals surface area contributed by atoms with Gasteiger partial charge in [-0.3, -0.25) is 4.99 Å². The van der Waals surface area contributed by atoms with Gasteiger partial charge in [-0.25, -0.2) is 0 Å². The van der Waals surface area contributed by atoms with E-state index in [1.54, 1.807) is 0 Å². The predicted octanol–water partition coefficient (Wildman–Crippen LogP) is 2.61. The summed E-state index contributed by atoms with van der Waals surface area (Å²) in [5, 5.41) is 5.53. The molecule has 0 fully saturated rings. The summed E-state index contributed by atoms with van der Waals surface area (Å²) in [6, 6.07) is 4.29. The largest absolute Gasteiger partial charge is 0.382 e. The predicted molar refractivity (Wildman–Crippen MR) is 87.7 cm³/mol. The van der Waals surface area contributed by atoms with Gasteiger partial charge in [-0.2, -0.15) is 0 Å². The van der Waals surface area contributed by atoms with Gasteiger partial charge in [-0.05, 0) is 37.6 Å². The Morgan fingerprint density at radius 1 is 1.45 bits per heavy atom. The third-order valence-electron chi connectivity index (χ3n) is 3.05. The molecule has 0 bridgehead atoms. The molecule has 0 saturated carbocycles.